The summed E-state index contributed by atoms with van der Waals surface area (Å²) >= 11 is 3.17. The smallest absolute Gasteiger partial charge is 0.335 e. The first-order valence-corrected chi connectivity index (χ1v) is 8.24. The van der Waals surface area contributed by atoms with Gasteiger partial charge in [0, 0.05) is 0 Å². The average Bonchev–Trinajstić information content (AvgIpc) is 2.62. The van der Waals surface area contributed by atoms with Crippen molar-refractivity contribution in [2.75, 3.05) is 12.0 Å². The second kappa shape index (κ2) is 7.01. The van der Waals surface area contributed by atoms with Crippen LogP contribution in [-0.2, 0) is 9.59 Å². The van der Waals surface area contributed by atoms with E-state index in [4.69, 9.17) is 4.74 Å². The number of halogens is 1. The third kappa shape index (κ3) is 3.31. The standard InChI is InChI=1S/C18H13BrN2O5/c1-26-12-5-3-11(4-6-12)21-17(24)13(16(23)20-18(21)25)8-10-2-7-15(22)14(19)9-10/h2-9,22H,1H3,(H,20,23,25)/b13-8-. The van der Waals surface area contributed by atoms with Gasteiger partial charge in [0.15, 0.2) is 0 Å². The van der Waals surface area contributed by atoms with Crippen molar-refractivity contribution in [2.45, 2.75) is 0 Å². The third-order valence-corrected chi connectivity index (χ3v) is 4.35. The topological polar surface area (TPSA) is 95.9 Å². The number of ether oxygens (including phenoxy) is 1. The molecule has 0 saturated carbocycles. The zero-order chi connectivity index (χ0) is 18.8. The van der Waals surface area contributed by atoms with Gasteiger partial charge in [-0.05, 0) is 64.0 Å². The molecular formula is C18H13BrN2O5. The molecule has 26 heavy (non-hydrogen) atoms. The number of aromatic hydroxyl groups is 1. The van der Waals surface area contributed by atoms with Gasteiger partial charge in [0.1, 0.15) is 17.1 Å². The summed E-state index contributed by atoms with van der Waals surface area (Å²) in [6.07, 6.45) is 1.35. The van der Waals surface area contributed by atoms with Crippen molar-refractivity contribution in [3.8, 4) is 11.5 Å². The molecule has 0 aromatic heterocycles. The maximum Gasteiger partial charge on any atom is 0.335 e. The molecule has 132 valence electrons. The number of rotatable bonds is 3. The molecule has 0 radical (unpaired) electrons. The van der Waals surface area contributed by atoms with E-state index in [1.54, 1.807) is 36.4 Å². The zero-order valence-corrected chi connectivity index (χ0v) is 15.1. The molecular weight excluding hydrogens is 404 g/mol. The number of imide groups is 2. The molecule has 2 N–H and O–H groups in total. The number of carbonyl (C=O) groups is 3. The summed E-state index contributed by atoms with van der Waals surface area (Å²) < 4.78 is 5.47. The van der Waals surface area contributed by atoms with Crippen LogP contribution in [0.4, 0.5) is 10.5 Å². The second-order valence-corrected chi connectivity index (χ2v) is 6.22. The molecule has 0 unspecified atom stereocenters. The summed E-state index contributed by atoms with van der Waals surface area (Å²) in [4.78, 5) is 37.9. The summed E-state index contributed by atoms with van der Waals surface area (Å²) in [5.74, 6) is -0.928. The Kier molecular flexibility index (Phi) is 4.77. The Morgan fingerprint density at radius 1 is 1.12 bits per heavy atom. The molecule has 0 aliphatic carbocycles. The monoisotopic (exact) mass is 416 g/mol. The number of benzene rings is 2. The van der Waals surface area contributed by atoms with Crippen molar-refractivity contribution in [1.82, 2.24) is 5.32 Å². The number of urea groups is 1. The Hall–Kier alpha value is -3.13. The van der Waals surface area contributed by atoms with E-state index in [1.807, 2.05) is 0 Å². The quantitative estimate of drug-likeness (QED) is 0.592. The van der Waals surface area contributed by atoms with Crippen LogP contribution in [0, 0.1) is 0 Å². The lowest BCUT2D eigenvalue weighted by Gasteiger charge is -2.26. The molecule has 0 atom stereocenters. The summed E-state index contributed by atoms with van der Waals surface area (Å²) in [5.41, 5.74) is 0.619. The predicted molar refractivity (Wildman–Crippen MR) is 97.8 cm³/mol. The Labute approximate surface area is 157 Å². The highest BCUT2D eigenvalue weighted by Crippen LogP contribution is 2.27. The molecule has 3 rings (SSSR count). The maximum absolute atomic E-state index is 12.7. The van der Waals surface area contributed by atoms with E-state index in [2.05, 4.69) is 21.2 Å². The maximum atomic E-state index is 12.7. The number of methoxy groups -OCH3 is 1. The number of amides is 4. The van der Waals surface area contributed by atoms with Crippen LogP contribution >= 0.6 is 15.9 Å². The Balaban J connectivity index is 1.99. The first-order valence-electron chi connectivity index (χ1n) is 7.44. The van der Waals surface area contributed by atoms with Gasteiger partial charge in [-0.15, -0.1) is 0 Å². The van der Waals surface area contributed by atoms with Gasteiger partial charge in [-0.2, -0.15) is 0 Å². The fraction of sp³-hybridized carbons (Fsp3) is 0.0556. The molecule has 2 aromatic carbocycles. The lowest BCUT2D eigenvalue weighted by Crippen LogP contribution is -2.54. The van der Waals surface area contributed by atoms with E-state index in [1.165, 1.54) is 19.3 Å². The van der Waals surface area contributed by atoms with Crippen LogP contribution < -0.4 is 15.0 Å². The minimum Gasteiger partial charge on any atom is -0.507 e. The van der Waals surface area contributed by atoms with Crippen LogP contribution in [0.1, 0.15) is 5.56 Å². The molecule has 1 fully saturated rings. The van der Waals surface area contributed by atoms with E-state index in [9.17, 15) is 19.5 Å². The highest BCUT2D eigenvalue weighted by atomic mass is 79.9. The van der Waals surface area contributed by atoms with Crippen LogP contribution in [0.3, 0.4) is 0 Å². The fourth-order valence-corrected chi connectivity index (χ4v) is 2.80. The lowest BCUT2D eigenvalue weighted by atomic mass is 10.1. The number of phenolic OH excluding ortho intramolecular Hbond substituents is 1. The lowest BCUT2D eigenvalue weighted by molar-refractivity contribution is -0.122. The number of anilines is 1. The number of phenols is 1. The van der Waals surface area contributed by atoms with Gasteiger partial charge < -0.3 is 9.84 Å². The fourth-order valence-electron chi connectivity index (χ4n) is 2.40. The van der Waals surface area contributed by atoms with E-state index in [0.717, 1.165) is 4.90 Å². The van der Waals surface area contributed by atoms with Crippen molar-refractivity contribution in [3.05, 3.63) is 58.1 Å². The Morgan fingerprint density at radius 3 is 2.42 bits per heavy atom. The minimum atomic E-state index is -0.825. The highest BCUT2D eigenvalue weighted by Gasteiger charge is 2.36. The van der Waals surface area contributed by atoms with Crippen molar-refractivity contribution >= 4 is 45.5 Å². The normalized spacial score (nSPS) is 16.0. The van der Waals surface area contributed by atoms with E-state index >= 15 is 0 Å². The van der Waals surface area contributed by atoms with Gasteiger partial charge in [0.2, 0.25) is 0 Å². The van der Waals surface area contributed by atoms with E-state index < -0.39 is 17.8 Å². The van der Waals surface area contributed by atoms with Crippen LogP contribution in [0.5, 0.6) is 11.5 Å². The molecule has 0 bridgehead atoms. The molecule has 8 heteroatoms. The molecule has 1 aliphatic rings. The number of hydrogen-bond acceptors (Lipinski definition) is 5. The Morgan fingerprint density at radius 2 is 1.81 bits per heavy atom. The van der Waals surface area contributed by atoms with Crippen LogP contribution in [0.15, 0.2) is 52.5 Å². The van der Waals surface area contributed by atoms with Gasteiger partial charge in [-0.25, -0.2) is 9.69 Å². The number of nitrogens with one attached hydrogen (secondary N) is 1. The van der Waals surface area contributed by atoms with Gasteiger partial charge in [0.25, 0.3) is 11.8 Å². The molecule has 1 heterocycles. The largest absolute Gasteiger partial charge is 0.507 e. The van der Waals surface area contributed by atoms with Crippen LogP contribution in [0.2, 0.25) is 0 Å². The summed E-state index contributed by atoms with van der Waals surface area (Å²) in [7, 11) is 1.50. The van der Waals surface area contributed by atoms with E-state index in [0.29, 0.717) is 21.5 Å². The molecule has 0 spiro atoms. The zero-order valence-electron chi connectivity index (χ0n) is 13.5. The SMILES string of the molecule is COc1ccc(N2C(=O)NC(=O)/C(=C/c3ccc(O)c(Br)c3)C2=O)cc1. The van der Waals surface area contributed by atoms with E-state index in [-0.39, 0.29) is 11.3 Å². The first-order chi connectivity index (χ1) is 12.4. The molecule has 7 nitrogen and oxygen atoms in total. The van der Waals surface area contributed by atoms with Crippen molar-refractivity contribution in [2.24, 2.45) is 0 Å². The predicted octanol–water partition coefficient (Wildman–Crippen LogP) is 2.83. The number of nitrogens with zero attached hydrogens (tertiary/aromatic N) is 1. The second-order valence-electron chi connectivity index (χ2n) is 5.37. The third-order valence-electron chi connectivity index (χ3n) is 3.72. The number of hydrogen-bond donors (Lipinski definition) is 2. The summed E-state index contributed by atoms with van der Waals surface area (Å²) in [6, 6.07) is 9.99. The highest BCUT2D eigenvalue weighted by molar-refractivity contribution is 9.10. The average molecular weight is 417 g/mol. The van der Waals surface area contributed by atoms with Gasteiger partial charge in [-0.3, -0.25) is 14.9 Å². The molecule has 1 aliphatic heterocycles. The number of barbiturate groups is 1. The van der Waals surface area contributed by atoms with Crippen LogP contribution in [-0.4, -0.2) is 30.1 Å². The minimum absolute atomic E-state index is 0.0293. The first kappa shape index (κ1) is 17.7. The van der Waals surface area contributed by atoms with Crippen molar-refractivity contribution < 1.29 is 24.2 Å². The number of carbonyl (C=O) groups excluding carboxylic acids is 3. The summed E-state index contributed by atoms with van der Waals surface area (Å²) in [5, 5.41) is 11.7. The molecule has 1 saturated heterocycles. The van der Waals surface area contributed by atoms with Gasteiger partial charge >= 0.3 is 6.03 Å². The molecule has 2 aromatic rings. The van der Waals surface area contributed by atoms with Crippen molar-refractivity contribution in [1.29, 1.82) is 0 Å². The van der Waals surface area contributed by atoms with Gasteiger partial charge in [0.05, 0.1) is 17.3 Å². The summed E-state index contributed by atoms with van der Waals surface area (Å²) in [6.45, 7) is 0. The van der Waals surface area contributed by atoms with Gasteiger partial charge in [-0.1, -0.05) is 6.07 Å². The van der Waals surface area contributed by atoms with Crippen LogP contribution in [0.25, 0.3) is 6.08 Å². The molecule has 4 amide bonds. The van der Waals surface area contributed by atoms with Crippen molar-refractivity contribution in [3.63, 3.8) is 0 Å². The Bertz CT molecular complexity index is 937.